The number of carbonyl (C=O) groups is 1. The molecule has 4 rings (SSSR count). The fourth-order valence-electron chi connectivity index (χ4n) is 2.98. The van der Waals surface area contributed by atoms with Crippen molar-refractivity contribution in [2.45, 2.75) is 6.18 Å². The summed E-state index contributed by atoms with van der Waals surface area (Å²) in [4.78, 5) is 24.5. The second kappa shape index (κ2) is 9.45. The summed E-state index contributed by atoms with van der Waals surface area (Å²) in [5, 5.41) is 4.92. The summed E-state index contributed by atoms with van der Waals surface area (Å²) in [6.45, 7) is 0. The van der Waals surface area contributed by atoms with Crippen LogP contribution in [0.1, 0.15) is 5.56 Å². The van der Waals surface area contributed by atoms with E-state index in [2.05, 4.69) is 25.6 Å². The van der Waals surface area contributed by atoms with E-state index in [1.54, 1.807) is 48.7 Å². The highest BCUT2D eigenvalue weighted by Gasteiger charge is 2.30. The number of rotatable bonds is 5. The standard InChI is InChI=1S/C23H17F3N6O2/c24-23(25,26)14-3-1-4-16(13-14)31-22(33)30-15-6-8-17(9-7-15)34-20-18(5-2-11-28-20)19-10-12-29-21(27)32-19/h1-13H,(H2,27,29,32)(H2,30,31,33). The SMILES string of the molecule is Nc1nccc(-c2cccnc2Oc2ccc(NC(=O)Nc3cccc(C(F)(F)F)c3)cc2)n1. The fourth-order valence-corrected chi connectivity index (χ4v) is 2.98. The van der Waals surface area contributed by atoms with Gasteiger partial charge < -0.3 is 21.1 Å². The maximum absolute atomic E-state index is 12.8. The van der Waals surface area contributed by atoms with Gasteiger partial charge in [0.15, 0.2) is 0 Å². The molecule has 2 amide bonds. The van der Waals surface area contributed by atoms with Crippen molar-refractivity contribution < 1.29 is 22.7 Å². The van der Waals surface area contributed by atoms with E-state index in [0.717, 1.165) is 12.1 Å². The highest BCUT2D eigenvalue weighted by molar-refractivity contribution is 5.99. The Morgan fingerprint density at radius 3 is 2.38 bits per heavy atom. The quantitative estimate of drug-likeness (QED) is 0.354. The summed E-state index contributed by atoms with van der Waals surface area (Å²) in [6.07, 6.45) is -1.41. The van der Waals surface area contributed by atoms with E-state index in [1.807, 2.05) is 0 Å². The predicted octanol–water partition coefficient (Wildman–Crippen LogP) is 5.58. The zero-order chi connectivity index (χ0) is 24.1. The molecular formula is C23H17F3N6O2. The zero-order valence-electron chi connectivity index (χ0n) is 17.4. The number of aromatic nitrogens is 3. The number of hydrogen-bond donors (Lipinski definition) is 3. The van der Waals surface area contributed by atoms with Crippen molar-refractivity contribution in [2.24, 2.45) is 0 Å². The van der Waals surface area contributed by atoms with Gasteiger partial charge in [-0.25, -0.2) is 19.7 Å². The third-order valence-electron chi connectivity index (χ3n) is 4.50. The Hall–Kier alpha value is -4.67. The van der Waals surface area contributed by atoms with Gasteiger partial charge in [-0.3, -0.25) is 0 Å². The molecule has 2 aromatic carbocycles. The number of pyridine rings is 1. The minimum Gasteiger partial charge on any atom is -0.438 e. The van der Waals surface area contributed by atoms with E-state index >= 15 is 0 Å². The zero-order valence-corrected chi connectivity index (χ0v) is 17.4. The van der Waals surface area contributed by atoms with Crippen molar-refractivity contribution in [1.82, 2.24) is 15.0 Å². The predicted molar refractivity (Wildman–Crippen MR) is 120 cm³/mol. The molecule has 2 heterocycles. The van der Waals surface area contributed by atoms with Crippen molar-refractivity contribution in [2.75, 3.05) is 16.4 Å². The average molecular weight is 466 g/mol. The van der Waals surface area contributed by atoms with Gasteiger partial charge in [0.25, 0.3) is 0 Å². The maximum Gasteiger partial charge on any atom is 0.416 e. The van der Waals surface area contributed by atoms with Gasteiger partial charge in [0, 0.05) is 23.8 Å². The number of alkyl halides is 3. The normalized spacial score (nSPS) is 11.0. The molecule has 172 valence electrons. The summed E-state index contributed by atoms with van der Waals surface area (Å²) in [7, 11) is 0. The highest BCUT2D eigenvalue weighted by Crippen LogP contribution is 2.32. The van der Waals surface area contributed by atoms with Crippen LogP contribution in [0.25, 0.3) is 11.3 Å². The van der Waals surface area contributed by atoms with E-state index in [-0.39, 0.29) is 11.6 Å². The van der Waals surface area contributed by atoms with Gasteiger partial charge in [-0.05, 0) is 60.7 Å². The van der Waals surface area contributed by atoms with E-state index in [4.69, 9.17) is 10.5 Å². The van der Waals surface area contributed by atoms with Gasteiger partial charge in [-0.2, -0.15) is 13.2 Å². The van der Waals surface area contributed by atoms with E-state index in [0.29, 0.717) is 28.6 Å². The minimum atomic E-state index is -4.50. The second-order valence-electron chi connectivity index (χ2n) is 6.94. The van der Waals surface area contributed by atoms with Crippen LogP contribution in [0.3, 0.4) is 0 Å². The first-order valence-corrected chi connectivity index (χ1v) is 9.85. The lowest BCUT2D eigenvalue weighted by atomic mass is 10.2. The number of hydrogen-bond acceptors (Lipinski definition) is 6. The Morgan fingerprint density at radius 2 is 1.65 bits per heavy atom. The van der Waals surface area contributed by atoms with Crippen molar-refractivity contribution in [1.29, 1.82) is 0 Å². The topological polar surface area (TPSA) is 115 Å². The van der Waals surface area contributed by atoms with Crippen LogP contribution in [0.15, 0.2) is 79.1 Å². The number of nitrogens with zero attached hydrogens (tertiary/aromatic N) is 3. The molecule has 8 nitrogen and oxygen atoms in total. The summed E-state index contributed by atoms with van der Waals surface area (Å²) in [5.41, 5.74) is 6.37. The summed E-state index contributed by atoms with van der Waals surface area (Å²) in [6, 6.07) is 15.2. The molecule has 11 heteroatoms. The van der Waals surface area contributed by atoms with Crippen LogP contribution >= 0.6 is 0 Å². The van der Waals surface area contributed by atoms with Crippen LogP contribution in [0.4, 0.5) is 35.3 Å². The molecule has 4 N–H and O–H groups in total. The lowest BCUT2D eigenvalue weighted by Gasteiger charge is -2.12. The first-order valence-electron chi connectivity index (χ1n) is 9.85. The monoisotopic (exact) mass is 466 g/mol. The van der Waals surface area contributed by atoms with Crippen LogP contribution in [-0.4, -0.2) is 21.0 Å². The number of urea groups is 1. The third kappa shape index (κ3) is 5.57. The van der Waals surface area contributed by atoms with E-state index < -0.39 is 17.8 Å². The summed E-state index contributed by atoms with van der Waals surface area (Å²) >= 11 is 0. The summed E-state index contributed by atoms with van der Waals surface area (Å²) < 4.78 is 44.3. The molecule has 34 heavy (non-hydrogen) atoms. The molecule has 0 fully saturated rings. The van der Waals surface area contributed by atoms with Crippen LogP contribution in [0.5, 0.6) is 11.6 Å². The highest BCUT2D eigenvalue weighted by atomic mass is 19.4. The number of nitrogen functional groups attached to an aromatic ring is 1. The van der Waals surface area contributed by atoms with Gasteiger partial charge in [0.05, 0.1) is 16.8 Å². The van der Waals surface area contributed by atoms with Crippen LogP contribution in [-0.2, 0) is 6.18 Å². The molecule has 0 atom stereocenters. The van der Waals surface area contributed by atoms with E-state index in [1.165, 1.54) is 18.3 Å². The lowest BCUT2D eigenvalue weighted by Crippen LogP contribution is -2.19. The Balaban J connectivity index is 1.42. The molecule has 0 aliphatic carbocycles. The number of carbonyl (C=O) groups excluding carboxylic acids is 1. The molecular weight excluding hydrogens is 449 g/mol. The smallest absolute Gasteiger partial charge is 0.416 e. The Kier molecular flexibility index (Phi) is 6.26. The Labute approximate surface area is 191 Å². The minimum absolute atomic E-state index is 0.0142. The van der Waals surface area contributed by atoms with Crippen LogP contribution < -0.4 is 21.1 Å². The van der Waals surface area contributed by atoms with Gasteiger partial charge in [0.1, 0.15) is 5.75 Å². The van der Waals surface area contributed by atoms with Crippen molar-refractivity contribution in [3.05, 3.63) is 84.7 Å². The maximum atomic E-state index is 12.8. The Morgan fingerprint density at radius 1 is 0.882 bits per heavy atom. The molecule has 0 unspecified atom stereocenters. The van der Waals surface area contributed by atoms with Gasteiger partial charge in [-0.15, -0.1) is 0 Å². The number of nitrogens with one attached hydrogen (secondary N) is 2. The molecule has 0 saturated carbocycles. The van der Waals surface area contributed by atoms with Crippen LogP contribution in [0, 0.1) is 0 Å². The third-order valence-corrected chi connectivity index (χ3v) is 4.50. The number of halogens is 3. The number of benzene rings is 2. The van der Waals surface area contributed by atoms with Crippen LogP contribution in [0.2, 0.25) is 0 Å². The number of anilines is 3. The second-order valence-corrected chi connectivity index (χ2v) is 6.94. The number of ether oxygens (including phenoxy) is 1. The molecule has 4 aromatic rings. The van der Waals surface area contributed by atoms with Crippen molar-refractivity contribution in [3.63, 3.8) is 0 Å². The fraction of sp³-hybridized carbons (Fsp3) is 0.0435. The van der Waals surface area contributed by atoms with Gasteiger partial charge >= 0.3 is 12.2 Å². The van der Waals surface area contributed by atoms with E-state index in [9.17, 15) is 18.0 Å². The molecule has 0 saturated heterocycles. The molecule has 0 spiro atoms. The summed E-state index contributed by atoms with van der Waals surface area (Å²) in [5.74, 6) is 0.848. The van der Waals surface area contributed by atoms with Crippen molar-refractivity contribution in [3.8, 4) is 22.9 Å². The Bertz CT molecular complexity index is 1310. The van der Waals surface area contributed by atoms with Gasteiger partial charge in [0.2, 0.25) is 11.8 Å². The molecule has 0 radical (unpaired) electrons. The van der Waals surface area contributed by atoms with Gasteiger partial charge in [-0.1, -0.05) is 6.07 Å². The first kappa shape index (κ1) is 22.5. The molecule has 0 aliphatic rings. The lowest BCUT2D eigenvalue weighted by molar-refractivity contribution is -0.137. The molecule has 2 aromatic heterocycles. The first-order chi connectivity index (χ1) is 16.3. The number of amides is 2. The average Bonchev–Trinajstić information content (AvgIpc) is 2.80. The molecule has 0 aliphatic heterocycles. The number of nitrogens with two attached hydrogens (primary N) is 1. The largest absolute Gasteiger partial charge is 0.438 e. The van der Waals surface area contributed by atoms with Crippen molar-refractivity contribution >= 4 is 23.4 Å². The molecule has 0 bridgehead atoms.